The van der Waals surface area contributed by atoms with Crippen molar-refractivity contribution in [2.75, 3.05) is 0 Å². The maximum atomic E-state index is 13.6. The molecule has 0 atom stereocenters. The van der Waals surface area contributed by atoms with Crippen molar-refractivity contribution in [2.24, 2.45) is 0 Å². The van der Waals surface area contributed by atoms with Crippen LogP contribution in [-0.4, -0.2) is 5.78 Å². The Kier molecular flexibility index (Phi) is 3.25. The summed E-state index contributed by atoms with van der Waals surface area (Å²) >= 11 is 5.92. The normalized spacial score (nSPS) is 10.3. The van der Waals surface area contributed by atoms with E-state index >= 15 is 0 Å². The van der Waals surface area contributed by atoms with Gasteiger partial charge in [0.05, 0.1) is 10.6 Å². The number of aryl methyl sites for hydroxylation is 1. The minimum absolute atomic E-state index is 0.0538. The van der Waals surface area contributed by atoms with Crippen molar-refractivity contribution in [2.45, 2.75) is 6.92 Å². The lowest BCUT2D eigenvalue weighted by Gasteiger charge is -2.05. The molecule has 0 aliphatic rings. The molecule has 17 heavy (non-hydrogen) atoms. The van der Waals surface area contributed by atoms with E-state index in [0.29, 0.717) is 10.6 Å². The molecule has 0 saturated heterocycles. The van der Waals surface area contributed by atoms with Crippen LogP contribution in [0.2, 0.25) is 5.02 Å². The topological polar surface area (TPSA) is 17.1 Å². The first kappa shape index (κ1) is 11.8. The number of hydrogen-bond acceptors (Lipinski definition) is 1. The van der Waals surface area contributed by atoms with Gasteiger partial charge in [-0.1, -0.05) is 35.4 Å². The van der Waals surface area contributed by atoms with Crippen LogP contribution in [0.1, 0.15) is 21.5 Å². The van der Waals surface area contributed by atoms with Gasteiger partial charge in [-0.15, -0.1) is 0 Å². The highest BCUT2D eigenvalue weighted by molar-refractivity contribution is 6.35. The summed E-state index contributed by atoms with van der Waals surface area (Å²) in [6, 6.07) is 11.1. The Morgan fingerprint density at radius 2 is 1.82 bits per heavy atom. The molecular formula is C14H10ClFO. The first-order valence-electron chi connectivity index (χ1n) is 5.15. The molecular weight excluding hydrogens is 239 g/mol. The average molecular weight is 249 g/mol. The van der Waals surface area contributed by atoms with E-state index in [1.165, 1.54) is 12.1 Å². The molecule has 0 fully saturated rings. The van der Waals surface area contributed by atoms with Gasteiger partial charge in [0.1, 0.15) is 5.82 Å². The Morgan fingerprint density at radius 3 is 2.53 bits per heavy atom. The third-order valence-corrected chi connectivity index (χ3v) is 2.81. The van der Waals surface area contributed by atoms with Crippen molar-refractivity contribution in [1.29, 1.82) is 0 Å². The molecule has 0 aliphatic carbocycles. The molecule has 0 amide bonds. The van der Waals surface area contributed by atoms with E-state index in [1.54, 1.807) is 30.3 Å². The van der Waals surface area contributed by atoms with E-state index in [9.17, 15) is 9.18 Å². The number of carbonyl (C=O) groups excluding carboxylic acids is 1. The fourth-order valence-electron chi connectivity index (χ4n) is 1.60. The molecule has 0 saturated carbocycles. The van der Waals surface area contributed by atoms with Crippen molar-refractivity contribution in [3.05, 3.63) is 70.0 Å². The third kappa shape index (κ3) is 2.37. The van der Waals surface area contributed by atoms with Gasteiger partial charge in [-0.25, -0.2) is 4.39 Å². The Labute approximate surface area is 104 Å². The second-order valence-electron chi connectivity index (χ2n) is 3.79. The Hall–Kier alpha value is -1.67. The predicted molar refractivity (Wildman–Crippen MR) is 66.0 cm³/mol. The van der Waals surface area contributed by atoms with Crippen molar-refractivity contribution in [3.8, 4) is 0 Å². The van der Waals surface area contributed by atoms with Gasteiger partial charge in [-0.2, -0.15) is 0 Å². The summed E-state index contributed by atoms with van der Waals surface area (Å²) in [7, 11) is 0. The van der Waals surface area contributed by atoms with Gasteiger partial charge >= 0.3 is 0 Å². The number of ketones is 1. The molecule has 0 aromatic heterocycles. The number of carbonyl (C=O) groups is 1. The monoisotopic (exact) mass is 248 g/mol. The Morgan fingerprint density at radius 1 is 1.12 bits per heavy atom. The molecule has 0 N–H and O–H groups in total. The van der Waals surface area contributed by atoms with Crippen LogP contribution in [0.5, 0.6) is 0 Å². The predicted octanol–water partition coefficient (Wildman–Crippen LogP) is 4.02. The van der Waals surface area contributed by atoms with Crippen molar-refractivity contribution in [3.63, 3.8) is 0 Å². The van der Waals surface area contributed by atoms with E-state index in [4.69, 9.17) is 11.6 Å². The molecule has 1 nitrogen and oxygen atoms in total. The fourth-order valence-corrected chi connectivity index (χ4v) is 1.83. The zero-order chi connectivity index (χ0) is 12.4. The molecule has 2 rings (SSSR count). The van der Waals surface area contributed by atoms with Gasteiger partial charge in [0, 0.05) is 5.56 Å². The molecule has 0 heterocycles. The standard InChI is InChI=1S/C14H10ClFO/c1-9-6-7-13(16)11(8-9)14(17)10-4-2-3-5-12(10)15/h2-8H,1H3. The van der Waals surface area contributed by atoms with Gasteiger partial charge in [0.25, 0.3) is 0 Å². The highest BCUT2D eigenvalue weighted by atomic mass is 35.5. The van der Waals surface area contributed by atoms with E-state index in [1.807, 2.05) is 6.92 Å². The van der Waals surface area contributed by atoms with Gasteiger partial charge in [0.15, 0.2) is 5.78 Å². The maximum absolute atomic E-state index is 13.6. The first-order valence-corrected chi connectivity index (χ1v) is 5.53. The zero-order valence-electron chi connectivity index (χ0n) is 9.21. The SMILES string of the molecule is Cc1ccc(F)c(C(=O)c2ccccc2Cl)c1. The molecule has 0 unspecified atom stereocenters. The molecule has 86 valence electrons. The van der Waals surface area contributed by atoms with Crippen molar-refractivity contribution >= 4 is 17.4 Å². The van der Waals surface area contributed by atoms with Crippen LogP contribution in [0.4, 0.5) is 4.39 Å². The van der Waals surface area contributed by atoms with Crippen LogP contribution in [0.15, 0.2) is 42.5 Å². The summed E-state index contributed by atoms with van der Waals surface area (Å²) < 4.78 is 13.6. The lowest BCUT2D eigenvalue weighted by atomic mass is 10.0. The van der Waals surface area contributed by atoms with Crippen LogP contribution in [0.25, 0.3) is 0 Å². The van der Waals surface area contributed by atoms with Crippen LogP contribution in [0, 0.1) is 12.7 Å². The number of benzene rings is 2. The number of halogens is 2. The molecule has 2 aromatic carbocycles. The summed E-state index contributed by atoms with van der Waals surface area (Å²) in [5.41, 5.74) is 1.21. The second-order valence-corrected chi connectivity index (χ2v) is 4.20. The second kappa shape index (κ2) is 4.68. The van der Waals surface area contributed by atoms with Crippen LogP contribution in [-0.2, 0) is 0 Å². The summed E-state index contributed by atoms with van der Waals surface area (Å²) in [6.07, 6.45) is 0. The summed E-state index contributed by atoms with van der Waals surface area (Å²) in [5.74, 6) is -0.919. The molecule has 0 aliphatic heterocycles. The van der Waals surface area contributed by atoms with E-state index in [-0.39, 0.29) is 5.56 Å². The Balaban J connectivity index is 2.51. The quantitative estimate of drug-likeness (QED) is 0.734. The summed E-state index contributed by atoms with van der Waals surface area (Å²) in [4.78, 5) is 12.1. The number of rotatable bonds is 2. The molecule has 0 bridgehead atoms. The molecule has 2 aromatic rings. The lowest BCUT2D eigenvalue weighted by molar-refractivity contribution is 0.103. The van der Waals surface area contributed by atoms with Gasteiger partial charge in [-0.05, 0) is 31.2 Å². The van der Waals surface area contributed by atoms with E-state index in [0.717, 1.165) is 5.56 Å². The summed E-state index contributed by atoms with van der Waals surface area (Å²) in [5, 5.41) is 0.332. The highest BCUT2D eigenvalue weighted by Gasteiger charge is 2.16. The molecule has 3 heteroatoms. The maximum Gasteiger partial charge on any atom is 0.197 e. The smallest absolute Gasteiger partial charge is 0.197 e. The summed E-state index contributed by atoms with van der Waals surface area (Å²) in [6.45, 7) is 1.81. The van der Waals surface area contributed by atoms with Crippen LogP contribution >= 0.6 is 11.6 Å². The Bertz CT molecular complexity index is 578. The van der Waals surface area contributed by atoms with Crippen LogP contribution in [0.3, 0.4) is 0 Å². The van der Waals surface area contributed by atoms with E-state index < -0.39 is 11.6 Å². The lowest BCUT2D eigenvalue weighted by Crippen LogP contribution is -2.05. The van der Waals surface area contributed by atoms with Gasteiger partial charge in [0.2, 0.25) is 0 Å². The first-order chi connectivity index (χ1) is 8.09. The third-order valence-electron chi connectivity index (χ3n) is 2.48. The largest absolute Gasteiger partial charge is 0.288 e. The molecule has 0 spiro atoms. The van der Waals surface area contributed by atoms with Gasteiger partial charge < -0.3 is 0 Å². The zero-order valence-corrected chi connectivity index (χ0v) is 9.96. The molecule has 0 radical (unpaired) electrons. The van der Waals surface area contributed by atoms with Crippen molar-refractivity contribution < 1.29 is 9.18 Å². The van der Waals surface area contributed by atoms with Crippen LogP contribution < -0.4 is 0 Å². The van der Waals surface area contributed by atoms with Gasteiger partial charge in [-0.3, -0.25) is 4.79 Å². The average Bonchev–Trinajstić information content (AvgIpc) is 2.32. The fraction of sp³-hybridized carbons (Fsp3) is 0.0714. The highest BCUT2D eigenvalue weighted by Crippen LogP contribution is 2.21. The minimum Gasteiger partial charge on any atom is -0.288 e. The van der Waals surface area contributed by atoms with Crippen molar-refractivity contribution in [1.82, 2.24) is 0 Å². The van der Waals surface area contributed by atoms with E-state index in [2.05, 4.69) is 0 Å². The number of hydrogen-bond donors (Lipinski definition) is 0. The minimum atomic E-state index is -0.527.